The van der Waals surface area contributed by atoms with Gasteiger partial charge >= 0.3 is 0 Å². The standard InChI is InChI=1S/C10H17N/c1-10(2-3-10)7-11-5-8-4-9(8)6-11/h8-9H,2-7H2,1H3. The molecule has 0 N–H and O–H groups in total. The summed E-state index contributed by atoms with van der Waals surface area (Å²) in [6, 6.07) is 0. The lowest BCUT2D eigenvalue weighted by molar-refractivity contribution is 0.252. The summed E-state index contributed by atoms with van der Waals surface area (Å²) in [5, 5.41) is 0. The highest BCUT2D eigenvalue weighted by molar-refractivity contribution is 5.00. The molecule has 2 saturated carbocycles. The van der Waals surface area contributed by atoms with Crippen molar-refractivity contribution in [1.29, 1.82) is 0 Å². The average Bonchev–Trinajstić information content (AvgIpc) is 2.79. The van der Waals surface area contributed by atoms with Crippen molar-refractivity contribution < 1.29 is 0 Å². The molecule has 0 radical (unpaired) electrons. The molecule has 0 bridgehead atoms. The molecule has 1 heterocycles. The van der Waals surface area contributed by atoms with Crippen LogP contribution in [0.1, 0.15) is 26.2 Å². The third kappa shape index (κ3) is 1.10. The van der Waals surface area contributed by atoms with Crippen LogP contribution in [0, 0.1) is 17.3 Å². The van der Waals surface area contributed by atoms with Crippen molar-refractivity contribution in [3.8, 4) is 0 Å². The molecular weight excluding hydrogens is 134 g/mol. The topological polar surface area (TPSA) is 3.24 Å². The zero-order valence-corrected chi connectivity index (χ0v) is 7.34. The second-order valence-electron chi connectivity index (χ2n) is 5.26. The molecule has 62 valence electrons. The first-order valence-electron chi connectivity index (χ1n) is 4.98. The lowest BCUT2D eigenvalue weighted by Crippen LogP contribution is -2.28. The molecule has 2 unspecified atom stereocenters. The molecule has 11 heavy (non-hydrogen) atoms. The molecule has 0 amide bonds. The van der Waals surface area contributed by atoms with E-state index in [0.29, 0.717) is 0 Å². The largest absolute Gasteiger partial charge is 0.302 e. The van der Waals surface area contributed by atoms with E-state index in [9.17, 15) is 0 Å². The summed E-state index contributed by atoms with van der Waals surface area (Å²) in [6.45, 7) is 6.71. The van der Waals surface area contributed by atoms with Crippen LogP contribution in [0.3, 0.4) is 0 Å². The Morgan fingerprint density at radius 1 is 1.27 bits per heavy atom. The van der Waals surface area contributed by atoms with E-state index in [4.69, 9.17) is 0 Å². The molecule has 1 saturated heterocycles. The van der Waals surface area contributed by atoms with E-state index in [1.54, 1.807) is 6.42 Å². The number of rotatable bonds is 2. The fourth-order valence-electron chi connectivity index (χ4n) is 2.54. The van der Waals surface area contributed by atoms with E-state index in [2.05, 4.69) is 11.8 Å². The molecule has 0 aromatic rings. The maximum absolute atomic E-state index is 2.70. The van der Waals surface area contributed by atoms with Gasteiger partial charge in [0.2, 0.25) is 0 Å². The molecular formula is C10H17N. The predicted molar refractivity (Wildman–Crippen MR) is 45.4 cm³/mol. The Labute approximate surface area is 68.8 Å². The number of hydrogen-bond acceptors (Lipinski definition) is 1. The van der Waals surface area contributed by atoms with Crippen molar-refractivity contribution in [2.75, 3.05) is 19.6 Å². The van der Waals surface area contributed by atoms with Crippen LogP contribution in [0.4, 0.5) is 0 Å². The highest BCUT2D eigenvalue weighted by atomic mass is 15.2. The van der Waals surface area contributed by atoms with Crippen LogP contribution in [0.25, 0.3) is 0 Å². The van der Waals surface area contributed by atoms with Crippen LogP contribution >= 0.6 is 0 Å². The van der Waals surface area contributed by atoms with E-state index in [0.717, 1.165) is 17.3 Å². The van der Waals surface area contributed by atoms with Crippen LogP contribution < -0.4 is 0 Å². The smallest absolute Gasteiger partial charge is 0.00356 e. The fourth-order valence-corrected chi connectivity index (χ4v) is 2.54. The van der Waals surface area contributed by atoms with Gasteiger partial charge in [0.05, 0.1) is 0 Å². The van der Waals surface area contributed by atoms with E-state index >= 15 is 0 Å². The molecule has 3 aliphatic rings. The van der Waals surface area contributed by atoms with Gasteiger partial charge < -0.3 is 4.90 Å². The Kier molecular flexibility index (Phi) is 1.07. The summed E-state index contributed by atoms with van der Waals surface area (Å²) in [5.41, 5.74) is 0.747. The Hall–Kier alpha value is -0.0400. The normalized spacial score (nSPS) is 45.5. The van der Waals surface area contributed by atoms with E-state index in [1.807, 2.05) is 0 Å². The lowest BCUT2D eigenvalue weighted by atomic mass is 10.1. The second-order valence-corrected chi connectivity index (χ2v) is 5.26. The molecule has 1 heteroatoms. The molecule has 3 rings (SSSR count). The summed E-state index contributed by atoms with van der Waals surface area (Å²) in [7, 11) is 0. The van der Waals surface area contributed by atoms with Gasteiger partial charge in [0.1, 0.15) is 0 Å². The minimum absolute atomic E-state index is 0.747. The van der Waals surface area contributed by atoms with Gasteiger partial charge in [-0.3, -0.25) is 0 Å². The summed E-state index contributed by atoms with van der Waals surface area (Å²) in [6.07, 6.45) is 4.52. The van der Waals surface area contributed by atoms with E-state index < -0.39 is 0 Å². The highest BCUT2D eigenvalue weighted by Crippen LogP contribution is 2.50. The van der Waals surface area contributed by atoms with Gasteiger partial charge in [-0.2, -0.15) is 0 Å². The second kappa shape index (κ2) is 1.82. The molecule has 3 fully saturated rings. The van der Waals surface area contributed by atoms with Gasteiger partial charge in [-0.15, -0.1) is 0 Å². The Balaban J connectivity index is 1.56. The quantitative estimate of drug-likeness (QED) is 0.581. The average molecular weight is 151 g/mol. The molecule has 2 atom stereocenters. The summed E-state index contributed by atoms with van der Waals surface area (Å²) in [5.74, 6) is 2.25. The van der Waals surface area contributed by atoms with Gasteiger partial charge in [0, 0.05) is 19.6 Å². The van der Waals surface area contributed by atoms with Crippen molar-refractivity contribution in [3.05, 3.63) is 0 Å². The third-order valence-electron chi connectivity index (χ3n) is 3.76. The number of fused-ring (bicyclic) bond motifs is 1. The molecule has 0 aromatic heterocycles. The van der Waals surface area contributed by atoms with Gasteiger partial charge in [0.15, 0.2) is 0 Å². The fraction of sp³-hybridized carbons (Fsp3) is 1.00. The van der Waals surface area contributed by atoms with Crippen LogP contribution in [-0.4, -0.2) is 24.5 Å². The Morgan fingerprint density at radius 2 is 1.91 bits per heavy atom. The van der Waals surface area contributed by atoms with Crippen molar-refractivity contribution in [1.82, 2.24) is 4.90 Å². The van der Waals surface area contributed by atoms with Gasteiger partial charge in [-0.25, -0.2) is 0 Å². The number of hydrogen-bond donors (Lipinski definition) is 0. The zero-order valence-electron chi connectivity index (χ0n) is 7.34. The van der Waals surface area contributed by atoms with E-state index in [-0.39, 0.29) is 0 Å². The molecule has 0 spiro atoms. The Bertz CT molecular complexity index is 173. The van der Waals surface area contributed by atoms with Crippen molar-refractivity contribution in [2.45, 2.75) is 26.2 Å². The minimum atomic E-state index is 0.747. The van der Waals surface area contributed by atoms with E-state index in [1.165, 1.54) is 32.5 Å². The maximum atomic E-state index is 2.70. The van der Waals surface area contributed by atoms with Crippen LogP contribution in [0.5, 0.6) is 0 Å². The van der Waals surface area contributed by atoms with Crippen molar-refractivity contribution >= 4 is 0 Å². The van der Waals surface area contributed by atoms with Gasteiger partial charge in [0.25, 0.3) is 0 Å². The van der Waals surface area contributed by atoms with Crippen molar-refractivity contribution in [2.24, 2.45) is 17.3 Å². The maximum Gasteiger partial charge on any atom is 0.00356 e. The summed E-state index contributed by atoms with van der Waals surface area (Å²) in [4.78, 5) is 2.70. The summed E-state index contributed by atoms with van der Waals surface area (Å²) >= 11 is 0. The Morgan fingerprint density at radius 3 is 2.45 bits per heavy atom. The molecule has 1 nitrogen and oxygen atoms in total. The molecule has 1 aliphatic heterocycles. The first kappa shape index (κ1) is 6.47. The van der Waals surface area contributed by atoms with Crippen LogP contribution in [0.15, 0.2) is 0 Å². The zero-order chi connectivity index (χ0) is 7.47. The molecule has 2 aliphatic carbocycles. The van der Waals surface area contributed by atoms with Crippen molar-refractivity contribution in [3.63, 3.8) is 0 Å². The minimum Gasteiger partial charge on any atom is -0.302 e. The van der Waals surface area contributed by atoms with Crippen LogP contribution in [0.2, 0.25) is 0 Å². The first-order valence-corrected chi connectivity index (χ1v) is 4.98. The lowest BCUT2D eigenvalue weighted by Gasteiger charge is -2.21. The molecule has 0 aromatic carbocycles. The number of nitrogens with zero attached hydrogens (tertiary/aromatic N) is 1. The highest BCUT2D eigenvalue weighted by Gasteiger charge is 2.48. The summed E-state index contributed by atoms with van der Waals surface area (Å²) < 4.78 is 0. The number of piperidine rings is 1. The van der Waals surface area contributed by atoms with Gasteiger partial charge in [-0.05, 0) is 36.5 Å². The monoisotopic (exact) mass is 151 g/mol. The number of likely N-dealkylation sites (tertiary alicyclic amines) is 1. The van der Waals surface area contributed by atoms with Crippen LogP contribution in [-0.2, 0) is 0 Å². The van der Waals surface area contributed by atoms with Gasteiger partial charge in [-0.1, -0.05) is 6.92 Å². The SMILES string of the molecule is CC1(CN2CC3CC3C2)CC1. The first-order chi connectivity index (χ1) is 5.25. The predicted octanol–water partition coefficient (Wildman–Crippen LogP) is 1.74. The third-order valence-corrected chi connectivity index (χ3v) is 3.76.